The Morgan fingerprint density at radius 3 is 2.60 bits per heavy atom. The molecule has 1 heterocycles. The second-order valence-corrected chi connectivity index (χ2v) is 5.66. The zero-order valence-corrected chi connectivity index (χ0v) is 12.7. The van der Waals surface area contributed by atoms with Crippen LogP contribution in [0, 0.1) is 0 Å². The van der Waals surface area contributed by atoms with Crippen molar-refractivity contribution in [3.8, 4) is 0 Å². The molecule has 0 aliphatic carbocycles. The summed E-state index contributed by atoms with van der Waals surface area (Å²) in [6.45, 7) is 6.58. The van der Waals surface area contributed by atoms with E-state index < -0.39 is 5.54 Å². The van der Waals surface area contributed by atoms with Crippen LogP contribution in [0.1, 0.15) is 38.9 Å². The van der Waals surface area contributed by atoms with Crippen molar-refractivity contribution in [1.29, 1.82) is 0 Å². The first-order chi connectivity index (χ1) is 9.53. The fourth-order valence-electron chi connectivity index (χ4n) is 2.74. The summed E-state index contributed by atoms with van der Waals surface area (Å²) in [7, 11) is 1.67. The number of benzene rings is 1. The summed E-state index contributed by atoms with van der Waals surface area (Å²) in [6.07, 6.45) is 0.685. The fourth-order valence-corrected chi connectivity index (χ4v) is 2.74. The first-order valence-electron chi connectivity index (χ1n) is 7.18. The molecule has 3 unspecified atom stereocenters. The lowest BCUT2D eigenvalue weighted by atomic mass is 9.99. The standard InChI is InChI=1S/C16H24N2O2/c1-5-16(3)15(19)18(12(2)11-20-4)14(17-16)13-9-7-6-8-10-13/h6-10,12,14,17H,5,11H2,1-4H3. The summed E-state index contributed by atoms with van der Waals surface area (Å²) in [5, 5.41) is 3.49. The van der Waals surface area contributed by atoms with Crippen molar-refractivity contribution in [3.05, 3.63) is 35.9 Å². The van der Waals surface area contributed by atoms with E-state index in [1.165, 1.54) is 0 Å². The van der Waals surface area contributed by atoms with Crippen LogP contribution in [0.15, 0.2) is 30.3 Å². The van der Waals surface area contributed by atoms with Gasteiger partial charge in [-0.2, -0.15) is 0 Å². The zero-order valence-electron chi connectivity index (χ0n) is 12.7. The Labute approximate surface area is 121 Å². The number of carbonyl (C=O) groups is 1. The second-order valence-electron chi connectivity index (χ2n) is 5.66. The van der Waals surface area contributed by atoms with Crippen molar-refractivity contribution in [1.82, 2.24) is 10.2 Å². The number of carbonyl (C=O) groups excluding carboxylic acids is 1. The van der Waals surface area contributed by atoms with Crippen molar-refractivity contribution in [2.24, 2.45) is 0 Å². The van der Waals surface area contributed by atoms with Crippen LogP contribution in [-0.4, -0.2) is 36.1 Å². The molecule has 20 heavy (non-hydrogen) atoms. The number of rotatable bonds is 5. The van der Waals surface area contributed by atoms with E-state index >= 15 is 0 Å². The summed E-state index contributed by atoms with van der Waals surface area (Å²) >= 11 is 0. The Kier molecular flexibility index (Phi) is 4.45. The highest BCUT2D eigenvalue weighted by Crippen LogP contribution is 2.34. The van der Waals surface area contributed by atoms with Crippen LogP contribution < -0.4 is 5.32 Å². The molecule has 1 aromatic rings. The summed E-state index contributed by atoms with van der Waals surface area (Å²) in [4.78, 5) is 14.7. The van der Waals surface area contributed by atoms with Gasteiger partial charge in [-0.3, -0.25) is 10.1 Å². The molecule has 110 valence electrons. The largest absolute Gasteiger partial charge is 0.383 e. The molecule has 0 spiro atoms. The van der Waals surface area contributed by atoms with Gasteiger partial charge in [0.05, 0.1) is 18.2 Å². The van der Waals surface area contributed by atoms with Gasteiger partial charge in [0.15, 0.2) is 0 Å². The van der Waals surface area contributed by atoms with Gasteiger partial charge in [0, 0.05) is 7.11 Å². The third-order valence-corrected chi connectivity index (χ3v) is 4.15. The third kappa shape index (κ3) is 2.58. The van der Waals surface area contributed by atoms with Crippen LogP contribution in [-0.2, 0) is 9.53 Å². The molecule has 0 saturated carbocycles. The normalized spacial score (nSPS) is 27.9. The van der Waals surface area contributed by atoms with E-state index in [0.29, 0.717) is 6.61 Å². The predicted molar refractivity (Wildman–Crippen MR) is 79.2 cm³/mol. The van der Waals surface area contributed by atoms with Gasteiger partial charge < -0.3 is 9.64 Å². The maximum atomic E-state index is 12.8. The molecule has 1 aliphatic heterocycles. The highest BCUT2D eigenvalue weighted by atomic mass is 16.5. The molecule has 0 bridgehead atoms. The molecular weight excluding hydrogens is 252 g/mol. The fraction of sp³-hybridized carbons (Fsp3) is 0.562. The second kappa shape index (κ2) is 5.94. The molecule has 1 fully saturated rings. The summed E-state index contributed by atoms with van der Waals surface area (Å²) < 4.78 is 5.23. The van der Waals surface area contributed by atoms with E-state index in [9.17, 15) is 4.79 Å². The van der Waals surface area contributed by atoms with Crippen molar-refractivity contribution < 1.29 is 9.53 Å². The Bertz CT molecular complexity index is 463. The van der Waals surface area contributed by atoms with Crippen molar-refractivity contribution >= 4 is 5.91 Å². The van der Waals surface area contributed by atoms with Gasteiger partial charge in [0.25, 0.3) is 0 Å². The maximum Gasteiger partial charge on any atom is 0.244 e. The molecule has 0 aromatic heterocycles. The number of nitrogens with one attached hydrogen (secondary N) is 1. The highest BCUT2D eigenvalue weighted by molar-refractivity contribution is 5.88. The topological polar surface area (TPSA) is 41.6 Å². The first kappa shape index (κ1) is 15.0. The lowest BCUT2D eigenvalue weighted by Crippen LogP contribution is -2.45. The van der Waals surface area contributed by atoms with Crippen LogP contribution in [0.5, 0.6) is 0 Å². The molecule has 4 nitrogen and oxygen atoms in total. The number of methoxy groups -OCH3 is 1. The maximum absolute atomic E-state index is 12.8. The summed E-state index contributed by atoms with van der Waals surface area (Å²) in [5.74, 6) is 0.151. The van der Waals surface area contributed by atoms with Crippen molar-refractivity contribution in [3.63, 3.8) is 0 Å². The van der Waals surface area contributed by atoms with Gasteiger partial charge in [-0.15, -0.1) is 0 Å². The van der Waals surface area contributed by atoms with E-state index in [1.54, 1.807) is 7.11 Å². The van der Waals surface area contributed by atoms with Crippen molar-refractivity contribution in [2.75, 3.05) is 13.7 Å². The van der Waals surface area contributed by atoms with E-state index in [2.05, 4.69) is 17.4 Å². The number of nitrogens with zero attached hydrogens (tertiary/aromatic N) is 1. The monoisotopic (exact) mass is 276 g/mol. The van der Waals surface area contributed by atoms with Crippen molar-refractivity contribution in [2.45, 2.75) is 44.9 Å². The van der Waals surface area contributed by atoms with Gasteiger partial charge in [0.1, 0.15) is 6.17 Å². The Morgan fingerprint density at radius 2 is 2.05 bits per heavy atom. The van der Waals surface area contributed by atoms with Crippen LogP contribution in [0.25, 0.3) is 0 Å². The number of hydrogen-bond acceptors (Lipinski definition) is 3. The van der Waals surface area contributed by atoms with Gasteiger partial charge in [0.2, 0.25) is 5.91 Å². The molecule has 1 amide bonds. The average molecular weight is 276 g/mol. The Hall–Kier alpha value is -1.39. The first-order valence-corrected chi connectivity index (χ1v) is 7.18. The molecule has 1 aliphatic rings. The predicted octanol–water partition coefficient (Wildman–Crippen LogP) is 2.32. The van der Waals surface area contributed by atoms with Gasteiger partial charge in [-0.05, 0) is 25.8 Å². The minimum atomic E-state index is -0.498. The van der Waals surface area contributed by atoms with E-state index in [-0.39, 0.29) is 18.1 Å². The number of ether oxygens (including phenoxy) is 1. The van der Waals surface area contributed by atoms with Gasteiger partial charge >= 0.3 is 0 Å². The number of amides is 1. The molecule has 0 radical (unpaired) electrons. The Morgan fingerprint density at radius 1 is 1.40 bits per heavy atom. The lowest BCUT2D eigenvalue weighted by molar-refractivity contribution is -0.135. The highest BCUT2D eigenvalue weighted by Gasteiger charge is 2.48. The quantitative estimate of drug-likeness (QED) is 0.897. The minimum Gasteiger partial charge on any atom is -0.383 e. The zero-order chi connectivity index (χ0) is 14.8. The van der Waals surface area contributed by atoms with Crippen LogP contribution in [0.4, 0.5) is 0 Å². The summed E-state index contributed by atoms with van der Waals surface area (Å²) in [6, 6.07) is 10.1. The Balaban J connectivity index is 2.35. The number of hydrogen-bond donors (Lipinski definition) is 1. The minimum absolute atomic E-state index is 0.0404. The molecule has 1 saturated heterocycles. The molecule has 3 atom stereocenters. The average Bonchev–Trinajstić information content (AvgIpc) is 2.73. The van der Waals surface area contributed by atoms with Crippen LogP contribution >= 0.6 is 0 Å². The molecule has 1 aromatic carbocycles. The molecule has 4 heteroatoms. The molecule has 2 rings (SSSR count). The third-order valence-electron chi connectivity index (χ3n) is 4.15. The van der Waals surface area contributed by atoms with E-state index in [1.807, 2.05) is 43.9 Å². The summed E-state index contributed by atoms with van der Waals surface area (Å²) in [5.41, 5.74) is 0.615. The molecular formula is C16H24N2O2. The molecule has 1 N–H and O–H groups in total. The van der Waals surface area contributed by atoms with Crippen LogP contribution in [0.2, 0.25) is 0 Å². The van der Waals surface area contributed by atoms with E-state index in [4.69, 9.17) is 4.74 Å². The SMILES string of the molecule is CCC1(C)NC(c2ccccc2)N(C(C)COC)C1=O. The van der Waals surface area contributed by atoms with Gasteiger partial charge in [-0.1, -0.05) is 37.3 Å². The van der Waals surface area contributed by atoms with Crippen LogP contribution in [0.3, 0.4) is 0 Å². The van der Waals surface area contributed by atoms with E-state index in [0.717, 1.165) is 12.0 Å². The lowest BCUT2D eigenvalue weighted by Gasteiger charge is -2.30. The smallest absolute Gasteiger partial charge is 0.244 e. The van der Waals surface area contributed by atoms with Gasteiger partial charge in [-0.25, -0.2) is 0 Å².